The molecular weight excluding hydrogens is 350 g/mol. The molecule has 1 N–H and O–H groups in total. The van der Waals surface area contributed by atoms with E-state index in [2.05, 4.69) is 11.6 Å². The molecule has 0 aliphatic heterocycles. The van der Waals surface area contributed by atoms with Crippen molar-refractivity contribution in [1.29, 1.82) is 0 Å². The van der Waals surface area contributed by atoms with E-state index in [0.29, 0.717) is 42.1 Å². The zero-order valence-electron chi connectivity index (χ0n) is 15.3. The Balaban J connectivity index is 2.28. The molecule has 1 aromatic carbocycles. The third kappa shape index (κ3) is 4.95. The standard InChI is InChI=1S/C19H25N3O3S/c1-4-21(12-14(2)3)17(24)13-26-19-20-16-9-6-5-8-15(16)18(25)22(19)10-7-11-23/h5-6,8-9,23H,2,4,7,10-13H2,1,3H3. The molecule has 0 unspecified atom stereocenters. The lowest BCUT2D eigenvalue weighted by molar-refractivity contribution is -0.127. The van der Waals surface area contributed by atoms with Gasteiger partial charge >= 0.3 is 0 Å². The van der Waals surface area contributed by atoms with Crippen LogP contribution in [0.1, 0.15) is 20.3 Å². The largest absolute Gasteiger partial charge is 0.396 e. The summed E-state index contributed by atoms with van der Waals surface area (Å²) in [5.41, 5.74) is 1.39. The van der Waals surface area contributed by atoms with Gasteiger partial charge in [-0.2, -0.15) is 0 Å². The summed E-state index contributed by atoms with van der Waals surface area (Å²) in [7, 11) is 0. The fourth-order valence-corrected chi connectivity index (χ4v) is 3.53. The zero-order chi connectivity index (χ0) is 19.1. The van der Waals surface area contributed by atoms with E-state index in [9.17, 15) is 9.59 Å². The lowest BCUT2D eigenvalue weighted by Crippen LogP contribution is -2.34. The van der Waals surface area contributed by atoms with Crippen LogP contribution >= 0.6 is 11.8 Å². The van der Waals surface area contributed by atoms with Crippen LogP contribution in [0.4, 0.5) is 0 Å². The van der Waals surface area contributed by atoms with Gasteiger partial charge in [0.05, 0.1) is 16.7 Å². The molecule has 7 heteroatoms. The van der Waals surface area contributed by atoms with Crippen molar-refractivity contribution in [2.24, 2.45) is 0 Å². The number of hydrogen-bond donors (Lipinski definition) is 1. The highest BCUT2D eigenvalue weighted by molar-refractivity contribution is 7.99. The average Bonchev–Trinajstić information content (AvgIpc) is 2.63. The Labute approximate surface area is 157 Å². The van der Waals surface area contributed by atoms with Crippen LogP contribution in [0, 0.1) is 0 Å². The number of aromatic nitrogens is 2. The van der Waals surface area contributed by atoms with Gasteiger partial charge in [-0.15, -0.1) is 0 Å². The summed E-state index contributed by atoms with van der Waals surface area (Å²) < 4.78 is 1.55. The van der Waals surface area contributed by atoms with Crippen molar-refractivity contribution >= 4 is 28.6 Å². The van der Waals surface area contributed by atoms with Crippen molar-refractivity contribution in [2.75, 3.05) is 25.4 Å². The first-order valence-corrected chi connectivity index (χ1v) is 9.61. The van der Waals surface area contributed by atoms with Crippen LogP contribution in [0.25, 0.3) is 10.9 Å². The van der Waals surface area contributed by atoms with Crippen LogP contribution in [-0.2, 0) is 11.3 Å². The molecular formula is C19H25N3O3S. The number of amides is 1. The summed E-state index contributed by atoms with van der Waals surface area (Å²) in [6.07, 6.45) is 0.457. The maximum Gasteiger partial charge on any atom is 0.262 e. The zero-order valence-corrected chi connectivity index (χ0v) is 16.1. The van der Waals surface area contributed by atoms with Gasteiger partial charge in [-0.3, -0.25) is 14.2 Å². The first kappa shape index (κ1) is 20.2. The molecule has 1 heterocycles. The lowest BCUT2D eigenvalue weighted by atomic mass is 10.2. The van der Waals surface area contributed by atoms with E-state index in [1.165, 1.54) is 11.8 Å². The highest BCUT2D eigenvalue weighted by atomic mass is 32.2. The second kappa shape index (κ2) is 9.54. The third-order valence-electron chi connectivity index (χ3n) is 3.89. The number of hydrogen-bond acceptors (Lipinski definition) is 5. The van der Waals surface area contributed by atoms with E-state index in [-0.39, 0.29) is 23.8 Å². The van der Waals surface area contributed by atoms with Gasteiger partial charge in [0.15, 0.2) is 5.16 Å². The summed E-state index contributed by atoms with van der Waals surface area (Å²) >= 11 is 1.25. The minimum atomic E-state index is -0.145. The number of benzene rings is 1. The Hall–Kier alpha value is -2.12. The summed E-state index contributed by atoms with van der Waals surface area (Å²) in [6, 6.07) is 7.16. The number of para-hydroxylation sites is 1. The van der Waals surface area contributed by atoms with Crippen molar-refractivity contribution in [2.45, 2.75) is 32.0 Å². The van der Waals surface area contributed by atoms with Gasteiger partial charge in [0, 0.05) is 26.2 Å². The van der Waals surface area contributed by atoms with E-state index in [1.807, 2.05) is 19.9 Å². The quantitative estimate of drug-likeness (QED) is 0.413. The van der Waals surface area contributed by atoms with Gasteiger partial charge in [0.1, 0.15) is 0 Å². The molecule has 1 amide bonds. The molecule has 6 nitrogen and oxygen atoms in total. The number of nitrogens with zero attached hydrogens (tertiary/aromatic N) is 3. The van der Waals surface area contributed by atoms with Crippen molar-refractivity contribution < 1.29 is 9.90 Å². The van der Waals surface area contributed by atoms with Crippen molar-refractivity contribution in [3.63, 3.8) is 0 Å². The van der Waals surface area contributed by atoms with Gasteiger partial charge in [0.2, 0.25) is 5.91 Å². The van der Waals surface area contributed by atoms with E-state index >= 15 is 0 Å². The van der Waals surface area contributed by atoms with E-state index in [0.717, 1.165) is 5.57 Å². The number of rotatable bonds is 9. The Morgan fingerprint density at radius 3 is 2.77 bits per heavy atom. The Kier molecular flexibility index (Phi) is 7.41. The fourth-order valence-electron chi connectivity index (χ4n) is 2.60. The molecule has 1 aromatic heterocycles. The maximum atomic E-state index is 12.8. The molecule has 0 fully saturated rings. The van der Waals surface area contributed by atoms with Crippen LogP contribution in [0.15, 0.2) is 46.4 Å². The van der Waals surface area contributed by atoms with Crippen LogP contribution in [0.2, 0.25) is 0 Å². The van der Waals surface area contributed by atoms with Gasteiger partial charge < -0.3 is 10.0 Å². The summed E-state index contributed by atoms with van der Waals surface area (Å²) in [4.78, 5) is 31.5. The van der Waals surface area contributed by atoms with Gasteiger partial charge in [-0.25, -0.2) is 4.98 Å². The first-order chi connectivity index (χ1) is 12.5. The van der Waals surface area contributed by atoms with Gasteiger partial charge in [0.25, 0.3) is 5.56 Å². The molecule has 140 valence electrons. The van der Waals surface area contributed by atoms with E-state index < -0.39 is 0 Å². The third-order valence-corrected chi connectivity index (χ3v) is 4.85. The Morgan fingerprint density at radius 1 is 1.38 bits per heavy atom. The SMILES string of the molecule is C=C(C)CN(CC)C(=O)CSc1nc2ccccc2c(=O)n1CCCO. The van der Waals surface area contributed by atoms with Crippen LogP contribution < -0.4 is 5.56 Å². The molecule has 2 aromatic rings. The number of aliphatic hydroxyl groups is 1. The number of fused-ring (bicyclic) bond motifs is 1. The summed E-state index contributed by atoms with van der Waals surface area (Å²) in [5.74, 6) is 0.182. The molecule has 0 spiro atoms. The number of thioether (sulfide) groups is 1. The summed E-state index contributed by atoms with van der Waals surface area (Å²) in [6.45, 7) is 9.16. The summed E-state index contributed by atoms with van der Waals surface area (Å²) in [5, 5.41) is 10.2. The highest BCUT2D eigenvalue weighted by Gasteiger charge is 2.16. The van der Waals surface area contributed by atoms with Crippen LogP contribution in [0.5, 0.6) is 0 Å². The minimum absolute atomic E-state index is 0.00940. The number of aliphatic hydroxyl groups excluding tert-OH is 1. The lowest BCUT2D eigenvalue weighted by Gasteiger charge is -2.21. The number of carbonyl (C=O) groups excluding carboxylic acids is 1. The maximum absolute atomic E-state index is 12.8. The second-order valence-corrected chi connectivity index (χ2v) is 7.04. The van der Waals surface area contributed by atoms with Gasteiger partial charge in [-0.05, 0) is 32.4 Å². The molecule has 0 aliphatic carbocycles. The predicted octanol–water partition coefficient (Wildman–Crippen LogP) is 2.30. The fraction of sp³-hybridized carbons (Fsp3) is 0.421. The molecule has 0 saturated heterocycles. The van der Waals surface area contributed by atoms with Crippen molar-refractivity contribution in [3.8, 4) is 0 Å². The van der Waals surface area contributed by atoms with E-state index in [1.54, 1.807) is 27.7 Å². The average molecular weight is 375 g/mol. The molecule has 0 aliphatic rings. The van der Waals surface area contributed by atoms with Crippen molar-refractivity contribution in [1.82, 2.24) is 14.5 Å². The predicted molar refractivity (Wildman–Crippen MR) is 105 cm³/mol. The smallest absolute Gasteiger partial charge is 0.262 e. The molecule has 2 rings (SSSR count). The van der Waals surface area contributed by atoms with Crippen LogP contribution in [-0.4, -0.2) is 50.9 Å². The Morgan fingerprint density at radius 2 is 2.12 bits per heavy atom. The topological polar surface area (TPSA) is 75.4 Å². The molecule has 26 heavy (non-hydrogen) atoms. The molecule has 0 atom stereocenters. The minimum Gasteiger partial charge on any atom is -0.396 e. The highest BCUT2D eigenvalue weighted by Crippen LogP contribution is 2.19. The number of likely N-dealkylation sites (N-methyl/N-ethyl adjacent to an activating group) is 1. The van der Waals surface area contributed by atoms with Crippen molar-refractivity contribution in [3.05, 3.63) is 46.8 Å². The number of carbonyl (C=O) groups is 1. The van der Waals surface area contributed by atoms with Gasteiger partial charge in [-0.1, -0.05) is 36.0 Å². The van der Waals surface area contributed by atoms with E-state index in [4.69, 9.17) is 5.11 Å². The van der Waals surface area contributed by atoms with Crippen LogP contribution in [0.3, 0.4) is 0 Å². The second-order valence-electron chi connectivity index (χ2n) is 6.10. The molecule has 0 bridgehead atoms. The monoisotopic (exact) mass is 375 g/mol. The molecule has 0 saturated carbocycles. The normalized spacial score (nSPS) is 10.9. The first-order valence-electron chi connectivity index (χ1n) is 8.63. The Bertz CT molecular complexity index is 848. The molecule has 0 radical (unpaired) electrons.